The van der Waals surface area contributed by atoms with Gasteiger partial charge in [0.25, 0.3) is 0 Å². The van der Waals surface area contributed by atoms with Crippen LogP contribution in [0.4, 0.5) is 0 Å². The predicted octanol–water partition coefficient (Wildman–Crippen LogP) is 1.57. The second-order valence-corrected chi connectivity index (χ2v) is 3.94. The third kappa shape index (κ3) is 1.55. The van der Waals surface area contributed by atoms with Crippen molar-refractivity contribution in [1.82, 2.24) is 10.2 Å². The summed E-state index contributed by atoms with van der Waals surface area (Å²) in [6, 6.07) is 5.86. The molecule has 5 heteroatoms. The van der Waals surface area contributed by atoms with Crippen LogP contribution < -0.4 is 15.2 Å². The van der Waals surface area contributed by atoms with Gasteiger partial charge in [0.15, 0.2) is 11.5 Å². The molecule has 0 saturated heterocycles. The molecule has 1 aromatic carbocycles. The maximum absolute atomic E-state index is 5.68. The molecule has 2 heterocycles. The van der Waals surface area contributed by atoms with Crippen LogP contribution in [-0.4, -0.2) is 17.0 Å². The topological polar surface area (TPSA) is 73.2 Å². The predicted molar refractivity (Wildman–Crippen MR) is 62.8 cm³/mol. The Balaban J connectivity index is 2.12. The maximum Gasteiger partial charge on any atom is 0.231 e. The summed E-state index contributed by atoms with van der Waals surface area (Å²) in [5.74, 6) is 1.55. The third-order valence-electron chi connectivity index (χ3n) is 2.88. The first-order valence-corrected chi connectivity index (χ1v) is 5.43. The highest BCUT2D eigenvalue weighted by Crippen LogP contribution is 2.37. The van der Waals surface area contributed by atoms with Crippen molar-refractivity contribution < 1.29 is 9.47 Å². The van der Waals surface area contributed by atoms with Crippen molar-refractivity contribution in [3.8, 4) is 22.6 Å². The van der Waals surface area contributed by atoms with Crippen molar-refractivity contribution in [1.29, 1.82) is 0 Å². The van der Waals surface area contributed by atoms with E-state index in [1.807, 2.05) is 25.1 Å². The molecule has 0 fully saturated rings. The van der Waals surface area contributed by atoms with Gasteiger partial charge in [0.1, 0.15) is 0 Å². The number of aromatic amines is 1. The number of nitrogens with one attached hydrogen (secondary N) is 1. The molecule has 0 atom stereocenters. The average molecular weight is 231 g/mol. The summed E-state index contributed by atoms with van der Waals surface area (Å²) in [4.78, 5) is 0. The Labute approximate surface area is 98.5 Å². The van der Waals surface area contributed by atoms with E-state index in [9.17, 15) is 0 Å². The van der Waals surface area contributed by atoms with Gasteiger partial charge in [-0.1, -0.05) is 6.07 Å². The van der Waals surface area contributed by atoms with Gasteiger partial charge in [-0.25, -0.2) is 0 Å². The summed E-state index contributed by atoms with van der Waals surface area (Å²) >= 11 is 0. The molecule has 0 aliphatic carbocycles. The molecule has 2 aromatic rings. The summed E-state index contributed by atoms with van der Waals surface area (Å²) in [5, 5.41) is 7.13. The molecule has 0 spiro atoms. The Kier molecular flexibility index (Phi) is 2.26. The zero-order valence-corrected chi connectivity index (χ0v) is 9.49. The summed E-state index contributed by atoms with van der Waals surface area (Å²) in [6.45, 7) is 2.67. The summed E-state index contributed by atoms with van der Waals surface area (Å²) < 4.78 is 10.7. The minimum absolute atomic E-state index is 0.285. The lowest BCUT2D eigenvalue weighted by Crippen LogP contribution is -1.98. The molecule has 5 nitrogen and oxygen atoms in total. The molecule has 0 bridgehead atoms. The van der Waals surface area contributed by atoms with Gasteiger partial charge in [0, 0.05) is 17.8 Å². The number of nitrogens with two attached hydrogens (primary N) is 1. The second kappa shape index (κ2) is 3.78. The maximum atomic E-state index is 5.68. The number of rotatable bonds is 2. The van der Waals surface area contributed by atoms with Gasteiger partial charge in [-0.3, -0.25) is 5.10 Å². The fourth-order valence-corrected chi connectivity index (χ4v) is 2.06. The van der Waals surface area contributed by atoms with E-state index in [4.69, 9.17) is 15.2 Å². The minimum Gasteiger partial charge on any atom is -0.454 e. The van der Waals surface area contributed by atoms with E-state index in [1.165, 1.54) is 0 Å². The fourth-order valence-electron chi connectivity index (χ4n) is 2.06. The first kappa shape index (κ1) is 10.2. The highest BCUT2D eigenvalue weighted by Gasteiger charge is 2.17. The monoisotopic (exact) mass is 231 g/mol. The summed E-state index contributed by atoms with van der Waals surface area (Å²) in [6.07, 6.45) is 0. The molecule has 3 rings (SSSR count). The molecule has 17 heavy (non-hydrogen) atoms. The molecular formula is C12H13N3O2. The van der Waals surface area contributed by atoms with Crippen molar-refractivity contribution in [2.24, 2.45) is 5.73 Å². The highest BCUT2D eigenvalue weighted by atomic mass is 16.7. The smallest absolute Gasteiger partial charge is 0.231 e. The van der Waals surface area contributed by atoms with E-state index in [2.05, 4.69) is 10.2 Å². The normalized spacial score (nSPS) is 13.1. The van der Waals surface area contributed by atoms with Gasteiger partial charge < -0.3 is 15.2 Å². The lowest BCUT2D eigenvalue weighted by molar-refractivity contribution is 0.174. The van der Waals surface area contributed by atoms with E-state index < -0.39 is 0 Å². The van der Waals surface area contributed by atoms with Crippen molar-refractivity contribution in [2.75, 3.05) is 6.79 Å². The molecule has 0 unspecified atom stereocenters. The molecule has 0 radical (unpaired) electrons. The molecular weight excluding hydrogens is 218 g/mol. The van der Waals surface area contributed by atoms with Gasteiger partial charge in [0.2, 0.25) is 6.79 Å². The van der Waals surface area contributed by atoms with Crippen LogP contribution in [0.3, 0.4) is 0 Å². The van der Waals surface area contributed by atoms with Crippen LogP contribution in [0.25, 0.3) is 11.1 Å². The van der Waals surface area contributed by atoms with Gasteiger partial charge >= 0.3 is 0 Å². The quantitative estimate of drug-likeness (QED) is 0.822. The lowest BCUT2D eigenvalue weighted by atomic mass is 10.0. The van der Waals surface area contributed by atoms with E-state index >= 15 is 0 Å². The van der Waals surface area contributed by atoms with Crippen molar-refractivity contribution in [3.63, 3.8) is 0 Å². The van der Waals surface area contributed by atoms with Crippen LogP contribution in [0, 0.1) is 6.92 Å². The van der Waals surface area contributed by atoms with Crippen LogP contribution in [0.2, 0.25) is 0 Å². The van der Waals surface area contributed by atoms with Crippen molar-refractivity contribution >= 4 is 0 Å². The molecule has 1 aromatic heterocycles. The van der Waals surface area contributed by atoms with Crippen LogP contribution >= 0.6 is 0 Å². The number of ether oxygens (including phenoxy) is 2. The summed E-state index contributed by atoms with van der Waals surface area (Å²) in [5.41, 5.74) is 9.63. The highest BCUT2D eigenvalue weighted by molar-refractivity contribution is 5.71. The largest absolute Gasteiger partial charge is 0.454 e. The number of H-pyrrole nitrogens is 1. The lowest BCUT2D eigenvalue weighted by Gasteiger charge is -2.04. The van der Waals surface area contributed by atoms with Crippen LogP contribution in [0.1, 0.15) is 11.4 Å². The number of aromatic nitrogens is 2. The molecule has 0 amide bonds. The minimum atomic E-state index is 0.285. The van der Waals surface area contributed by atoms with Gasteiger partial charge in [-0.05, 0) is 24.6 Å². The van der Waals surface area contributed by atoms with Crippen LogP contribution in [0.5, 0.6) is 11.5 Å². The van der Waals surface area contributed by atoms with Crippen LogP contribution in [-0.2, 0) is 6.54 Å². The fraction of sp³-hybridized carbons (Fsp3) is 0.250. The number of fused-ring (bicyclic) bond motifs is 1. The number of nitrogens with zero attached hydrogens (tertiary/aromatic N) is 1. The number of hydrogen-bond donors (Lipinski definition) is 2. The molecule has 0 saturated carbocycles. The zero-order valence-electron chi connectivity index (χ0n) is 9.49. The molecule has 3 N–H and O–H groups in total. The Morgan fingerprint density at radius 3 is 3.00 bits per heavy atom. The van der Waals surface area contributed by atoms with Crippen molar-refractivity contribution in [3.05, 3.63) is 29.6 Å². The van der Waals surface area contributed by atoms with Gasteiger partial charge in [-0.2, -0.15) is 5.10 Å². The van der Waals surface area contributed by atoms with E-state index in [1.54, 1.807) is 0 Å². The van der Waals surface area contributed by atoms with Gasteiger partial charge in [0.05, 0.1) is 5.69 Å². The molecule has 88 valence electrons. The number of benzene rings is 1. The van der Waals surface area contributed by atoms with Crippen LogP contribution in [0.15, 0.2) is 18.2 Å². The first-order chi connectivity index (χ1) is 8.29. The van der Waals surface area contributed by atoms with E-state index in [-0.39, 0.29) is 6.79 Å². The SMILES string of the molecule is Cc1[nH]nc(CN)c1-c1ccc2c(c1)OCO2. The second-order valence-electron chi connectivity index (χ2n) is 3.94. The third-order valence-corrected chi connectivity index (χ3v) is 2.88. The Morgan fingerprint density at radius 1 is 1.35 bits per heavy atom. The Morgan fingerprint density at radius 2 is 2.18 bits per heavy atom. The molecule has 1 aliphatic heterocycles. The van der Waals surface area contributed by atoms with E-state index in [0.717, 1.165) is 34.0 Å². The zero-order chi connectivity index (χ0) is 11.8. The Bertz CT molecular complexity index is 563. The number of hydrogen-bond acceptors (Lipinski definition) is 4. The standard InChI is InChI=1S/C12H13N3O2/c1-7-12(9(5-13)15-14-7)8-2-3-10-11(4-8)17-6-16-10/h2-4H,5-6,13H2,1H3,(H,14,15). The van der Waals surface area contributed by atoms with Crippen molar-refractivity contribution in [2.45, 2.75) is 13.5 Å². The first-order valence-electron chi connectivity index (χ1n) is 5.43. The number of aryl methyl sites for hydroxylation is 1. The molecule has 1 aliphatic rings. The van der Waals surface area contributed by atoms with E-state index in [0.29, 0.717) is 6.54 Å². The average Bonchev–Trinajstić information content (AvgIpc) is 2.93. The summed E-state index contributed by atoms with van der Waals surface area (Å²) in [7, 11) is 0. The van der Waals surface area contributed by atoms with Gasteiger partial charge in [-0.15, -0.1) is 0 Å². The Hall–Kier alpha value is -2.01.